The van der Waals surface area contributed by atoms with Gasteiger partial charge in [0, 0.05) is 23.3 Å². The fourth-order valence-electron chi connectivity index (χ4n) is 2.59. The van der Waals surface area contributed by atoms with E-state index in [9.17, 15) is 9.59 Å². The lowest BCUT2D eigenvalue weighted by Crippen LogP contribution is -2.41. The molecule has 0 aliphatic carbocycles. The van der Waals surface area contributed by atoms with Gasteiger partial charge in [-0.15, -0.1) is 0 Å². The molecule has 1 aliphatic rings. The monoisotopic (exact) mass is 397 g/mol. The van der Waals surface area contributed by atoms with Crippen LogP contribution in [0, 0.1) is 6.92 Å². The van der Waals surface area contributed by atoms with Gasteiger partial charge in [0.2, 0.25) is 11.8 Å². The number of nitrogens with one attached hydrogen (secondary N) is 2. The Hall–Kier alpha value is -1.44. The zero-order valence-electron chi connectivity index (χ0n) is 14.1. The maximum absolute atomic E-state index is 12.1. The molecule has 6 nitrogen and oxygen atoms in total. The third-order valence-electron chi connectivity index (χ3n) is 3.84. The van der Waals surface area contributed by atoms with E-state index in [1.165, 1.54) is 0 Å². The molecule has 0 spiro atoms. The fraction of sp³-hybridized carbons (Fsp3) is 0.529. The van der Waals surface area contributed by atoms with E-state index in [2.05, 4.69) is 26.6 Å². The van der Waals surface area contributed by atoms with Crippen LogP contribution in [-0.2, 0) is 14.3 Å². The summed E-state index contributed by atoms with van der Waals surface area (Å²) in [5.74, 6) is -0.240. The summed E-state index contributed by atoms with van der Waals surface area (Å²) in [7, 11) is 1.75. The number of hydrogen-bond donors (Lipinski definition) is 2. The van der Waals surface area contributed by atoms with E-state index in [1.807, 2.05) is 25.1 Å². The molecule has 7 heteroatoms. The van der Waals surface area contributed by atoms with Crippen molar-refractivity contribution in [1.82, 2.24) is 10.2 Å². The Morgan fingerprint density at radius 2 is 2.08 bits per heavy atom. The van der Waals surface area contributed by atoms with Crippen molar-refractivity contribution in [2.45, 2.75) is 25.9 Å². The molecule has 0 saturated carbocycles. The molecule has 2 amide bonds. The highest BCUT2D eigenvalue weighted by Gasteiger charge is 2.17. The maximum Gasteiger partial charge on any atom is 0.238 e. The summed E-state index contributed by atoms with van der Waals surface area (Å²) in [6, 6.07) is 5.67. The van der Waals surface area contributed by atoms with Crippen molar-refractivity contribution in [3.8, 4) is 0 Å². The minimum absolute atomic E-state index is 0.0966. The molecular weight excluding hydrogens is 374 g/mol. The average molecular weight is 398 g/mol. The van der Waals surface area contributed by atoms with E-state index in [0.717, 1.165) is 35.2 Å². The summed E-state index contributed by atoms with van der Waals surface area (Å²) in [5, 5.41) is 5.72. The molecule has 132 valence electrons. The Balaban J connectivity index is 1.71. The molecule has 0 unspecified atom stereocenters. The van der Waals surface area contributed by atoms with Crippen molar-refractivity contribution in [3.05, 3.63) is 28.2 Å². The lowest BCUT2D eigenvalue weighted by Gasteiger charge is -2.17. The predicted molar refractivity (Wildman–Crippen MR) is 97.0 cm³/mol. The van der Waals surface area contributed by atoms with Crippen LogP contribution in [0.5, 0.6) is 0 Å². The first-order valence-corrected chi connectivity index (χ1v) is 8.86. The summed E-state index contributed by atoms with van der Waals surface area (Å²) in [4.78, 5) is 25.7. The van der Waals surface area contributed by atoms with Crippen LogP contribution >= 0.6 is 15.9 Å². The van der Waals surface area contributed by atoms with Gasteiger partial charge in [0.1, 0.15) is 0 Å². The van der Waals surface area contributed by atoms with Gasteiger partial charge in [-0.05, 0) is 50.6 Å². The predicted octanol–water partition coefficient (Wildman–Crippen LogP) is 1.92. The number of benzene rings is 1. The second-order valence-electron chi connectivity index (χ2n) is 6.12. The number of nitrogens with zero attached hydrogens (tertiary/aromatic N) is 1. The van der Waals surface area contributed by atoms with E-state index in [4.69, 9.17) is 4.74 Å². The average Bonchev–Trinajstić information content (AvgIpc) is 3.01. The zero-order valence-corrected chi connectivity index (χ0v) is 15.7. The topological polar surface area (TPSA) is 70.7 Å². The first-order chi connectivity index (χ1) is 11.4. The molecule has 2 rings (SSSR count). The molecule has 0 radical (unpaired) electrons. The van der Waals surface area contributed by atoms with Gasteiger partial charge >= 0.3 is 0 Å². The van der Waals surface area contributed by atoms with Crippen LogP contribution in [0.1, 0.15) is 18.4 Å². The van der Waals surface area contributed by atoms with E-state index >= 15 is 0 Å². The number of ether oxygens (including phenoxy) is 1. The number of anilines is 1. The molecule has 1 saturated heterocycles. The quantitative estimate of drug-likeness (QED) is 0.737. The molecule has 0 aromatic heterocycles. The van der Waals surface area contributed by atoms with Crippen LogP contribution < -0.4 is 10.6 Å². The van der Waals surface area contributed by atoms with Crippen molar-refractivity contribution < 1.29 is 14.3 Å². The molecule has 1 aromatic carbocycles. The minimum Gasteiger partial charge on any atom is -0.376 e. The van der Waals surface area contributed by atoms with Gasteiger partial charge in [0.15, 0.2) is 0 Å². The number of hydrogen-bond acceptors (Lipinski definition) is 4. The minimum atomic E-state index is -0.144. The van der Waals surface area contributed by atoms with Crippen LogP contribution in [0.3, 0.4) is 0 Å². The molecule has 1 aromatic rings. The van der Waals surface area contributed by atoms with Crippen LogP contribution in [0.4, 0.5) is 5.69 Å². The first kappa shape index (κ1) is 18.9. The Morgan fingerprint density at radius 3 is 2.75 bits per heavy atom. The molecule has 0 bridgehead atoms. The number of carbonyl (C=O) groups excluding carboxylic acids is 2. The summed E-state index contributed by atoms with van der Waals surface area (Å²) in [5.41, 5.74) is 1.76. The molecule has 1 heterocycles. The van der Waals surface area contributed by atoms with Gasteiger partial charge in [-0.3, -0.25) is 14.5 Å². The summed E-state index contributed by atoms with van der Waals surface area (Å²) in [6.45, 7) is 3.58. The van der Waals surface area contributed by atoms with Crippen LogP contribution in [0.2, 0.25) is 0 Å². The van der Waals surface area contributed by atoms with Gasteiger partial charge < -0.3 is 15.4 Å². The number of rotatable bonds is 7. The lowest BCUT2D eigenvalue weighted by molar-refractivity contribution is -0.123. The number of halogens is 1. The van der Waals surface area contributed by atoms with Crippen molar-refractivity contribution in [1.29, 1.82) is 0 Å². The Kier molecular flexibility index (Phi) is 7.20. The second kappa shape index (κ2) is 9.15. The third-order valence-corrected chi connectivity index (χ3v) is 4.33. The van der Waals surface area contributed by atoms with E-state index < -0.39 is 0 Å². The Morgan fingerprint density at radius 1 is 1.33 bits per heavy atom. The van der Waals surface area contributed by atoms with E-state index in [1.54, 1.807) is 11.9 Å². The van der Waals surface area contributed by atoms with Crippen LogP contribution in [0.25, 0.3) is 0 Å². The number of likely N-dealkylation sites (N-methyl/N-ethyl adjacent to an activating group) is 1. The summed E-state index contributed by atoms with van der Waals surface area (Å²) in [6.07, 6.45) is 2.17. The molecule has 2 N–H and O–H groups in total. The highest BCUT2D eigenvalue weighted by Crippen LogP contribution is 2.19. The lowest BCUT2D eigenvalue weighted by atomic mass is 10.2. The van der Waals surface area contributed by atoms with Gasteiger partial charge in [-0.1, -0.05) is 15.9 Å². The molecule has 1 aliphatic heterocycles. The van der Waals surface area contributed by atoms with Crippen LogP contribution in [0.15, 0.2) is 22.7 Å². The summed E-state index contributed by atoms with van der Waals surface area (Å²) < 4.78 is 6.43. The van der Waals surface area contributed by atoms with E-state index in [0.29, 0.717) is 6.54 Å². The smallest absolute Gasteiger partial charge is 0.238 e. The molecule has 24 heavy (non-hydrogen) atoms. The van der Waals surface area contributed by atoms with Crippen molar-refractivity contribution in [3.63, 3.8) is 0 Å². The molecule has 1 atom stereocenters. The number of amides is 2. The van der Waals surface area contributed by atoms with Gasteiger partial charge in [-0.25, -0.2) is 0 Å². The van der Waals surface area contributed by atoms with Gasteiger partial charge in [-0.2, -0.15) is 0 Å². The Labute approximate surface area is 151 Å². The Bertz CT molecular complexity index is 588. The van der Waals surface area contributed by atoms with Gasteiger partial charge in [0.25, 0.3) is 0 Å². The highest BCUT2D eigenvalue weighted by molar-refractivity contribution is 9.10. The van der Waals surface area contributed by atoms with Crippen LogP contribution in [-0.4, -0.2) is 56.1 Å². The van der Waals surface area contributed by atoms with Crippen molar-refractivity contribution in [2.24, 2.45) is 0 Å². The highest BCUT2D eigenvalue weighted by atomic mass is 79.9. The number of carbonyl (C=O) groups is 2. The maximum atomic E-state index is 12.1. The fourth-order valence-corrected chi connectivity index (χ4v) is 3.07. The molecular formula is C17H24BrN3O3. The molecule has 1 fully saturated rings. The second-order valence-corrected chi connectivity index (χ2v) is 7.03. The first-order valence-electron chi connectivity index (χ1n) is 8.07. The SMILES string of the molecule is Cc1cc(Br)ccc1NC(=O)CN(C)CC(=O)NC[C@H]1CCCO1. The largest absolute Gasteiger partial charge is 0.376 e. The van der Waals surface area contributed by atoms with Crippen molar-refractivity contribution >= 4 is 33.4 Å². The standard InChI is InChI=1S/C17H24BrN3O3/c1-12-8-13(18)5-6-15(12)20-17(23)11-21(2)10-16(22)19-9-14-4-3-7-24-14/h5-6,8,14H,3-4,7,9-11H2,1-2H3,(H,19,22)(H,20,23)/t14-/m1/s1. The number of aryl methyl sites for hydroxylation is 1. The third kappa shape index (κ3) is 6.22. The normalized spacial score (nSPS) is 17.1. The summed E-state index contributed by atoms with van der Waals surface area (Å²) >= 11 is 3.39. The van der Waals surface area contributed by atoms with Gasteiger partial charge in [0.05, 0.1) is 19.2 Å². The van der Waals surface area contributed by atoms with E-state index in [-0.39, 0.29) is 31.0 Å². The zero-order chi connectivity index (χ0) is 17.5. The van der Waals surface area contributed by atoms with Crippen molar-refractivity contribution in [2.75, 3.05) is 38.6 Å².